The number of benzene rings is 2. The summed E-state index contributed by atoms with van der Waals surface area (Å²) in [5, 5.41) is 7.54. The van der Waals surface area contributed by atoms with Gasteiger partial charge in [0.1, 0.15) is 23.4 Å². The predicted octanol–water partition coefficient (Wildman–Crippen LogP) is 3.68. The van der Waals surface area contributed by atoms with Crippen molar-refractivity contribution < 1.29 is 13.6 Å². The first-order valence-corrected chi connectivity index (χ1v) is 8.68. The second-order valence-electron chi connectivity index (χ2n) is 6.44. The van der Waals surface area contributed by atoms with E-state index in [2.05, 4.69) is 10.4 Å². The van der Waals surface area contributed by atoms with Crippen molar-refractivity contribution in [3.8, 4) is 5.69 Å². The lowest BCUT2D eigenvalue weighted by atomic mass is 10.2. The molecule has 5 nitrogen and oxygen atoms in total. The Kier molecular flexibility index (Phi) is 4.35. The Morgan fingerprint density at radius 3 is 2.48 bits per heavy atom. The molecule has 3 aromatic rings. The molecule has 1 fully saturated rings. The minimum absolute atomic E-state index is 0.250. The fourth-order valence-electron chi connectivity index (χ4n) is 3.35. The molecular formula is C20H18F2N4O. The number of amides is 1. The van der Waals surface area contributed by atoms with E-state index in [0.29, 0.717) is 12.1 Å². The maximum Gasteiger partial charge on any atom is 0.249 e. The molecule has 1 saturated heterocycles. The van der Waals surface area contributed by atoms with Gasteiger partial charge in [0.15, 0.2) is 0 Å². The summed E-state index contributed by atoms with van der Waals surface area (Å²) in [6.07, 6.45) is 2.10. The summed E-state index contributed by atoms with van der Waals surface area (Å²) in [5.41, 5.74) is 2.19. The van der Waals surface area contributed by atoms with Crippen LogP contribution < -0.4 is 10.2 Å². The minimum Gasteiger partial charge on any atom is -0.371 e. The van der Waals surface area contributed by atoms with Gasteiger partial charge in [0, 0.05) is 6.54 Å². The van der Waals surface area contributed by atoms with Crippen LogP contribution in [0.1, 0.15) is 12.1 Å². The molecule has 138 valence electrons. The molecule has 27 heavy (non-hydrogen) atoms. The van der Waals surface area contributed by atoms with Crippen molar-refractivity contribution in [2.75, 3.05) is 16.8 Å². The van der Waals surface area contributed by atoms with E-state index < -0.39 is 17.7 Å². The van der Waals surface area contributed by atoms with Crippen molar-refractivity contribution in [2.24, 2.45) is 0 Å². The van der Waals surface area contributed by atoms with Crippen LogP contribution in [0.4, 0.5) is 20.2 Å². The van der Waals surface area contributed by atoms with Crippen LogP contribution in [0.25, 0.3) is 5.69 Å². The molecule has 0 aliphatic carbocycles. The topological polar surface area (TPSA) is 50.2 Å². The van der Waals surface area contributed by atoms with Gasteiger partial charge >= 0.3 is 0 Å². The zero-order valence-electron chi connectivity index (χ0n) is 14.7. The number of carbonyl (C=O) groups excluding carboxylic acids is 1. The number of hydrogen-bond acceptors (Lipinski definition) is 3. The molecule has 1 aliphatic rings. The highest BCUT2D eigenvalue weighted by atomic mass is 19.1. The molecule has 2 aromatic carbocycles. The second kappa shape index (κ2) is 6.83. The number of carbonyl (C=O) groups is 1. The van der Waals surface area contributed by atoms with Crippen LogP contribution >= 0.6 is 0 Å². The first-order chi connectivity index (χ1) is 13.1. The zero-order valence-corrected chi connectivity index (χ0v) is 14.7. The highest BCUT2D eigenvalue weighted by Gasteiger charge is 2.35. The van der Waals surface area contributed by atoms with E-state index in [9.17, 15) is 13.6 Å². The lowest BCUT2D eigenvalue weighted by Gasteiger charge is -2.18. The van der Waals surface area contributed by atoms with Crippen LogP contribution in [0, 0.1) is 18.6 Å². The van der Waals surface area contributed by atoms with Gasteiger partial charge in [-0.05, 0) is 37.6 Å². The number of nitrogens with zero attached hydrogens (tertiary/aromatic N) is 3. The summed E-state index contributed by atoms with van der Waals surface area (Å²) in [7, 11) is 0. The number of aromatic nitrogens is 2. The lowest BCUT2D eigenvalue weighted by Crippen LogP contribution is -2.34. The fraction of sp³-hybridized carbons (Fsp3) is 0.200. The Bertz CT molecular complexity index is 967. The Morgan fingerprint density at radius 1 is 1.07 bits per heavy atom. The Labute approximate surface area is 155 Å². The van der Waals surface area contributed by atoms with Gasteiger partial charge in [-0.15, -0.1) is 0 Å². The summed E-state index contributed by atoms with van der Waals surface area (Å²) >= 11 is 0. The Morgan fingerprint density at radius 2 is 1.78 bits per heavy atom. The van der Waals surface area contributed by atoms with Gasteiger partial charge < -0.3 is 10.2 Å². The third kappa shape index (κ3) is 3.05. The second-order valence-corrected chi connectivity index (χ2v) is 6.44. The average Bonchev–Trinajstić information content (AvgIpc) is 3.20. The largest absolute Gasteiger partial charge is 0.371 e. The molecule has 1 atom stereocenters. The molecule has 1 amide bonds. The van der Waals surface area contributed by atoms with Gasteiger partial charge in [-0.2, -0.15) is 5.10 Å². The molecule has 1 aromatic heterocycles. The standard InChI is InChI=1S/C20H18F2N4O/c1-13-18(12-23-26(13)14-6-3-2-4-7-14)24-17-10-11-25(20(17)27)19-15(21)8-5-9-16(19)22/h2-9,12,17,24H,10-11H2,1H3. The van der Waals surface area contributed by atoms with E-state index in [1.807, 2.05) is 37.3 Å². The molecule has 7 heteroatoms. The summed E-state index contributed by atoms with van der Waals surface area (Å²) in [4.78, 5) is 13.9. The van der Waals surface area contributed by atoms with Crippen molar-refractivity contribution in [3.05, 3.63) is 72.1 Å². The van der Waals surface area contributed by atoms with E-state index in [0.717, 1.165) is 23.5 Å². The van der Waals surface area contributed by atoms with Gasteiger partial charge in [0.2, 0.25) is 5.91 Å². The number of hydrogen-bond donors (Lipinski definition) is 1. The Balaban J connectivity index is 1.55. The van der Waals surface area contributed by atoms with Crippen molar-refractivity contribution in [1.82, 2.24) is 9.78 Å². The molecule has 0 spiro atoms. The first-order valence-electron chi connectivity index (χ1n) is 8.68. The van der Waals surface area contributed by atoms with Gasteiger partial charge in [0.25, 0.3) is 0 Å². The number of nitrogens with one attached hydrogen (secondary N) is 1. The van der Waals surface area contributed by atoms with Gasteiger partial charge in [-0.3, -0.25) is 4.79 Å². The van der Waals surface area contributed by atoms with Gasteiger partial charge in [-0.1, -0.05) is 24.3 Å². The molecule has 2 heterocycles. The smallest absolute Gasteiger partial charge is 0.249 e. The number of para-hydroxylation sites is 2. The van der Waals surface area contributed by atoms with Crippen LogP contribution in [-0.2, 0) is 4.79 Å². The highest BCUT2D eigenvalue weighted by molar-refractivity contribution is 6.01. The maximum absolute atomic E-state index is 14.0. The molecular weight excluding hydrogens is 350 g/mol. The molecule has 0 radical (unpaired) electrons. The Hall–Kier alpha value is -3.22. The quantitative estimate of drug-likeness (QED) is 0.764. The first kappa shape index (κ1) is 17.2. The van der Waals surface area contributed by atoms with E-state index >= 15 is 0 Å². The molecule has 0 saturated carbocycles. The van der Waals surface area contributed by atoms with Crippen LogP contribution in [0.5, 0.6) is 0 Å². The SMILES string of the molecule is Cc1c(NC2CCN(c3c(F)cccc3F)C2=O)cnn1-c1ccccc1. The zero-order chi connectivity index (χ0) is 19.0. The average molecular weight is 368 g/mol. The third-order valence-electron chi connectivity index (χ3n) is 4.75. The molecule has 0 bridgehead atoms. The van der Waals surface area contributed by atoms with Crippen molar-refractivity contribution in [3.63, 3.8) is 0 Å². The van der Waals surface area contributed by atoms with Crippen molar-refractivity contribution in [2.45, 2.75) is 19.4 Å². The highest BCUT2D eigenvalue weighted by Crippen LogP contribution is 2.29. The van der Waals surface area contributed by atoms with E-state index in [-0.39, 0.29) is 18.1 Å². The van der Waals surface area contributed by atoms with Gasteiger partial charge in [0.05, 0.1) is 23.3 Å². The van der Waals surface area contributed by atoms with Gasteiger partial charge in [-0.25, -0.2) is 13.5 Å². The molecule has 4 rings (SSSR count). The summed E-state index contributed by atoms with van der Waals surface area (Å²) in [6, 6.07) is 12.7. The predicted molar refractivity (Wildman–Crippen MR) is 99.0 cm³/mol. The summed E-state index contributed by atoms with van der Waals surface area (Å²) in [5.74, 6) is -1.83. The molecule has 1 unspecified atom stereocenters. The summed E-state index contributed by atoms with van der Waals surface area (Å²) < 4.78 is 29.8. The molecule has 1 aliphatic heterocycles. The number of anilines is 2. The monoisotopic (exact) mass is 368 g/mol. The van der Waals surface area contributed by atoms with E-state index in [1.165, 1.54) is 11.0 Å². The third-order valence-corrected chi connectivity index (χ3v) is 4.75. The normalized spacial score (nSPS) is 16.8. The van der Waals surface area contributed by atoms with Crippen LogP contribution in [0.2, 0.25) is 0 Å². The van der Waals surface area contributed by atoms with Crippen molar-refractivity contribution >= 4 is 17.3 Å². The van der Waals surface area contributed by atoms with Crippen LogP contribution in [-0.4, -0.2) is 28.3 Å². The maximum atomic E-state index is 14.0. The van der Waals surface area contributed by atoms with Crippen molar-refractivity contribution in [1.29, 1.82) is 0 Å². The molecule has 1 N–H and O–H groups in total. The van der Waals surface area contributed by atoms with E-state index in [4.69, 9.17) is 0 Å². The fourth-order valence-corrected chi connectivity index (χ4v) is 3.35. The minimum atomic E-state index is -0.739. The van der Waals surface area contributed by atoms with Crippen LogP contribution in [0.15, 0.2) is 54.7 Å². The number of halogens is 2. The summed E-state index contributed by atoms with van der Waals surface area (Å²) in [6.45, 7) is 2.15. The lowest BCUT2D eigenvalue weighted by molar-refractivity contribution is -0.117. The van der Waals surface area contributed by atoms with E-state index in [1.54, 1.807) is 10.9 Å². The number of rotatable bonds is 4. The van der Waals surface area contributed by atoms with Crippen LogP contribution in [0.3, 0.4) is 0 Å².